The number of nitrogens with zero attached hydrogens (tertiary/aromatic N) is 4. The standard InChI is InChI=1S/C12H22N4O/c1-10(17)7-11-5-3-4-6-16(11)8-12-13-9-14-15(12)2/h9-11,17H,3-8H2,1-2H3. The largest absolute Gasteiger partial charge is 0.393 e. The maximum absolute atomic E-state index is 9.54. The average Bonchev–Trinajstić information content (AvgIpc) is 2.67. The number of aliphatic hydroxyl groups excluding tert-OH is 1. The normalized spacial score (nSPS) is 23.8. The van der Waals surface area contributed by atoms with E-state index in [1.54, 1.807) is 6.33 Å². The summed E-state index contributed by atoms with van der Waals surface area (Å²) in [5.41, 5.74) is 0. The van der Waals surface area contributed by atoms with Gasteiger partial charge in [0, 0.05) is 13.1 Å². The Labute approximate surface area is 102 Å². The van der Waals surface area contributed by atoms with Gasteiger partial charge < -0.3 is 5.11 Å². The fraction of sp³-hybridized carbons (Fsp3) is 0.833. The molecule has 1 aliphatic rings. The highest BCUT2D eigenvalue weighted by Crippen LogP contribution is 2.22. The highest BCUT2D eigenvalue weighted by atomic mass is 16.3. The first-order valence-electron chi connectivity index (χ1n) is 6.42. The maximum atomic E-state index is 9.54. The van der Waals surface area contributed by atoms with E-state index in [1.807, 2.05) is 18.7 Å². The predicted octanol–water partition coefficient (Wildman–Crippen LogP) is 0.940. The number of aryl methyl sites for hydroxylation is 1. The molecule has 1 aromatic heterocycles. The second kappa shape index (κ2) is 5.60. The first kappa shape index (κ1) is 12.5. The minimum Gasteiger partial charge on any atom is -0.393 e. The molecule has 1 aliphatic heterocycles. The van der Waals surface area contributed by atoms with E-state index in [1.165, 1.54) is 19.3 Å². The minimum atomic E-state index is -0.222. The van der Waals surface area contributed by atoms with Gasteiger partial charge in [0.25, 0.3) is 0 Å². The molecule has 17 heavy (non-hydrogen) atoms. The van der Waals surface area contributed by atoms with Crippen LogP contribution in [0.15, 0.2) is 6.33 Å². The van der Waals surface area contributed by atoms with Gasteiger partial charge in [0.05, 0.1) is 12.6 Å². The Bertz CT molecular complexity index is 350. The second-order valence-corrected chi connectivity index (χ2v) is 5.00. The molecule has 2 rings (SSSR count). The van der Waals surface area contributed by atoms with Crippen molar-refractivity contribution in [3.05, 3.63) is 12.2 Å². The lowest BCUT2D eigenvalue weighted by molar-refractivity contribution is 0.0791. The summed E-state index contributed by atoms with van der Waals surface area (Å²) in [5.74, 6) is 1.00. The number of aliphatic hydroxyl groups is 1. The highest BCUT2D eigenvalue weighted by molar-refractivity contribution is 4.87. The van der Waals surface area contributed by atoms with E-state index in [4.69, 9.17) is 0 Å². The first-order valence-corrected chi connectivity index (χ1v) is 6.42. The summed E-state index contributed by atoms with van der Waals surface area (Å²) in [6.45, 7) is 3.81. The molecule has 5 nitrogen and oxygen atoms in total. The zero-order valence-electron chi connectivity index (χ0n) is 10.7. The molecule has 0 amide bonds. The predicted molar refractivity (Wildman–Crippen MR) is 65.3 cm³/mol. The molecule has 96 valence electrons. The van der Waals surface area contributed by atoms with Crippen LogP contribution in [0, 0.1) is 0 Å². The summed E-state index contributed by atoms with van der Waals surface area (Å²) in [7, 11) is 1.93. The monoisotopic (exact) mass is 238 g/mol. The molecule has 1 fully saturated rings. The van der Waals surface area contributed by atoms with E-state index in [0.29, 0.717) is 6.04 Å². The van der Waals surface area contributed by atoms with Crippen molar-refractivity contribution < 1.29 is 5.11 Å². The van der Waals surface area contributed by atoms with E-state index in [-0.39, 0.29) is 6.10 Å². The zero-order chi connectivity index (χ0) is 12.3. The number of hydrogen-bond acceptors (Lipinski definition) is 4. The number of likely N-dealkylation sites (tertiary alicyclic amines) is 1. The zero-order valence-corrected chi connectivity index (χ0v) is 10.7. The van der Waals surface area contributed by atoms with E-state index >= 15 is 0 Å². The number of piperidine rings is 1. The molecule has 0 aromatic carbocycles. The highest BCUT2D eigenvalue weighted by Gasteiger charge is 2.24. The first-order chi connectivity index (χ1) is 8.16. The molecule has 2 atom stereocenters. The van der Waals surface area contributed by atoms with Crippen molar-refractivity contribution in [1.29, 1.82) is 0 Å². The van der Waals surface area contributed by atoms with Gasteiger partial charge in [-0.3, -0.25) is 9.58 Å². The molecule has 0 bridgehead atoms. The Morgan fingerprint density at radius 3 is 3.00 bits per heavy atom. The lowest BCUT2D eigenvalue weighted by atomic mass is 9.97. The Kier molecular flexibility index (Phi) is 4.12. The number of rotatable bonds is 4. The Hall–Kier alpha value is -0.940. The Morgan fingerprint density at radius 2 is 2.35 bits per heavy atom. The smallest absolute Gasteiger partial charge is 0.140 e. The summed E-state index contributed by atoms with van der Waals surface area (Å²) in [4.78, 5) is 6.70. The van der Waals surface area contributed by atoms with Crippen LogP contribution in [0.4, 0.5) is 0 Å². The van der Waals surface area contributed by atoms with Gasteiger partial charge in [-0.05, 0) is 32.7 Å². The summed E-state index contributed by atoms with van der Waals surface area (Å²) < 4.78 is 1.83. The molecular formula is C12H22N4O. The molecule has 0 aliphatic carbocycles. The summed E-state index contributed by atoms with van der Waals surface area (Å²) in [6.07, 6.45) is 5.94. The Morgan fingerprint density at radius 1 is 1.53 bits per heavy atom. The molecule has 1 N–H and O–H groups in total. The van der Waals surface area contributed by atoms with Gasteiger partial charge in [-0.2, -0.15) is 5.10 Å². The molecule has 1 saturated heterocycles. The van der Waals surface area contributed by atoms with E-state index in [2.05, 4.69) is 15.0 Å². The van der Waals surface area contributed by atoms with E-state index < -0.39 is 0 Å². The van der Waals surface area contributed by atoms with Crippen LogP contribution in [-0.4, -0.2) is 43.5 Å². The van der Waals surface area contributed by atoms with Crippen molar-refractivity contribution in [2.24, 2.45) is 7.05 Å². The molecular weight excluding hydrogens is 216 g/mol. The van der Waals surface area contributed by atoms with Crippen LogP contribution in [0.2, 0.25) is 0 Å². The second-order valence-electron chi connectivity index (χ2n) is 5.00. The summed E-state index contributed by atoms with van der Waals surface area (Å²) in [6, 6.07) is 0.487. The van der Waals surface area contributed by atoms with Gasteiger partial charge in [0.2, 0.25) is 0 Å². The van der Waals surface area contributed by atoms with Gasteiger partial charge in [-0.25, -0.2) is 4.98 Å². The SMILES string of the molecule is CC(O)CC1CCCCN1Cc1ncnn1C. The minimum absolute atomic E-state index is 0.222. The van der Waals surface area contributed by atoms with Gasteiger partial charge in [-0.15, -0.1) is 0 Å². The van der Waals surface area contributed by atoms with Crippen LogP contribution in [-0.2, 0) is 13.6 Å². The fourth-order valence-corrected chi connectivity index (χ4v) is 2.57. The van der Waals surface area contributed by atoms with E-state index in [0.717, 1.165) is 25.3 Å². The third-order valence-electron chi connectivity index (χ3n) is 3.51. The molecule has 2 unspecified atom stereocenters. The van der Waals surface area contributed by atoms with Gasteiger partial charge >= 0.3 is 0 Å². The van der Waals surface area contributed by atoms with Gasteiger partial charge in [-0.1, -0.05) is 6.42 Å². The van der Waals surface area contributed by atoms with Crippen LogP contribution in [0.5, 0.6) is 0 Å². The van der Waals surface area contributed by atoms with Crippen molar-refractivity contribution in [1.82, 2.24) is 19.7 Å². The van der Waals surface area contributed by atoms with Crippen LogP contribution >= 0.6 is 0 Å². The number of aromatic nitrogens is 3. The average molecular weight is 238 g/mol. The Balaban J connectivity index is 1.99. The van der Waals surface area contributed by atoms with Crippen molar-refractivity contribution in [3.63, 3.8) is 0 Å². The van der Waals surface area contributed by atoms with Crippen molar-refractivity contribution in [2.75, 3.05) is 6.54 Å². The summed E-state index contributed by atoms with van der Waals surface area (Å²) >= 11 is 0. The molecule has 0 saturated carbocycles. The van der Waals surface area contributed by atoms with Crippen molar-refractivity contribution in [2.45, 2.75) is 51.3 Å². The van der Waals surface area contributed by atoms with Crippen LogP contribution in [0.1, 0.15) is 38.4 Å². The third kappa shape index (κ3) is 3.26. The molecule has 0 radical (unpaired) electrons. The lowest BCUT2D eigenvalue weighted by Gasteiger charge is -2.36. The number of hydrogen-bond donors (Lipinski definition) is 1. The maximum Gasteiger partial charge on any atom is 0.140 e. The summed E-state index contributed by atoms with van der Waals surface area (Å²) in [5, 5.41) is 13.6. The van der Waals surface area contributed by atoms with Crippen LogP contribution in [0.3, 0.4) is 0 Å². The van der Waals surface area contributed by atoms with Crippen molar-refractivity contribution in [3.8, 4) is 0 Å². The fourth-order valence-electron chi connectivity index (χ4n) is 2.57. The van der Waals surface area contributed by atoms with E-state index in [9.17, 15) is 5.11 Å². The lowest BCUT2D eigenvalue weighted by Crippen LogP contribution is -2.41. The molecule has 0 spiro atoms. The van der Waals surface area contributed by atoms with Crippen LogP contribution in [0.25, 0.3) is 0 Å². The molecule has 5 heteroatoms. The van der Waals surface area contributed by atoms with Crippen LogP contribution < -0.4 is 0 Å². The molecule has 1 aromatic rings. The van der Waals surface area contributed by atoms with Crippen molar-refractivity contribution >= 4 is 0 Å². The quantitative estimate of drug-likeness (QED) is 0.848. The van der Waals surface area contributed by atoms with Gasteiger partial charge in [0.15, 0.2) is 0 Å². The third-order valence-corrected chi connectivity index (χ3v) is 3.51. The topological polar surface area (TPSA) is 54.2 Å². The molecule has 2 heterocycles. The van der Waals surface area contributed by atoms with Gasteiger partial charge in [0.1, 0.15) is 12.2 Å².